The highest BCUT2D eigenvalue weighted by Crippen LogP contribution is 2.54. The molecule has 2 rings (SSSR count). The molecule has 1 aromatic rings. The number of benzene rings is 1. The number of halogens is 2. The van der Waals surface area contributed by atoms with Crippen molar-refractivity contribution in [3.8, 4) is 0 Å². The lowest BCUT2D eigenvalue weighted by Crippen LogP contribution is -3.00. The molecule has 1 aliphatic carbocycles. The van der Waals surface area contributed by atoms with Gasteiger partial charge in [0, 0.05) is 19.0 Å². The number of nitrogens with zero attached hydrogens (tertiary/aromatic N) is 1. The van der Waals surface area contributed by atoms with Crippen molar-refractivity contribution in [2.24, 2.45) is 5.92 Å². The van der Waals surface area contributed by atoms with Gasteiger partial charge < -0.3 is 23.0 Å². The van der Waals surface area contributed by atoms with Gasteiger partial charge in [-0.05, 0) is 38.0 Å². The van der Waals surface area contributed by atoms with Gasteiger partial charge in [0.2, 0.25) is 5.91 Å². The molecule has 0 unspecified atom stereocenters. The molecule has 0 aliphatic heterocycles. The molecule has 0 heterocycles. The molecule has 0 radical (unpaired) electrons. The van der Waals surface area contributed by atoms with Crippen molar-refractivity contribution in [3.05, 3.63) is 35.6 Å². The minimum Gasteiger partial charge on any atom is -1.00 e. The average molecular weight is 301 g/mol. The third kappa shape index (κ3) is 2.67. The van der Waals surface area contributed by atoms with Crippen LogP contribution >= 0.6 is 0 Å². The Morgan fingerprint density at radius 1 is 1.35 bits per heavy atom. The Hall–Kier alpha value is -1.13. The zero-order valence-corrected chi connectivity index (χ0v) is 12.8. The first kappa shape index (κ1) is 16.9. The summed E-state index contributed by atoms with van der Waals surface area (Å²) in [5, 5.41) is 0. The average Bonchev–Trinajstić information content (AvgIpc) is 3.16. The van der Waals surface area contributed by atoms with Crippen LogP contribution in [0.2, 0.25) is 0 Å². The Balaban J connectivity index is 0.00000200. The maximum atomic E-state index is 13.1. The van der Waals surface area contributed by atoms with Gasteiger partial charge in [0.1, 0.15) is 5.82 Å². The number of quaternary nitrogens is 1. The Kier molecular flexibility index (Phi) is 5.54. The number of carbonyl (C=O) groups excluding carboxylic acids is 1. The molecule has 2 atom stereocenters. The molecule has 1 aliphatic rings. The predicted molar refractivity (Wildman–Crippen MR) is 71.9 cm³/mol. The fraction of sp³-hybridized carbons (Fsp3) is 0.533. The van der Waals surface area contributed by atoms with Crippen molar-refractivity contribution in [1.29, 1.82) is 0 Å². The summed E-state index contributed by atoms with van der Waals surface area (Å²) in [7, 11) is 0. The zero-order valence-electron chi connectivity index (χ0n) is 12.0. The van der Waals surface area contributed by atoms with Crippen LogP contribution in [0.3, 0.4) is 0 Å². The molecule has 0 aromatic heterocycles. The monoisotopic (exact) mass is 300 g/mol. The number of amides is 1. The summed E-state index contributed by atoms with van der Waals surface area (Å²) in [5.41, 5.74) is 4.41. The quantitative estimate of drug-likeness (QED) is 0.685. The molecule has 20 heavy (non-hydrogen) atoms. The van der Waals surface area contributed by atoms with E-state index in [-0.39, 0.29) is 30.0 Å². The lowest BCUT2D eigenvalue weighted by Gasteiger charge is -2.26. The third-order valence-electron chi connectivity index (χ3n) is 4.25. The summed E-state index contributed by atoms with van der Waals surface area (Å²) in [6.07, 6.45) is 0.831. The number of rotatable bonds is 5. The standard InChI is InChI=1S/C15H21FN2O.ClH/c1-3-18(4-2)14(19)15(9-12(15)10-17)11-5-7-13(16)8-6-11;/h5-8,12H,3-4,9-10,17H2,1-2H3;1H/t12-,15+;/m1./s1. The molecule has 1 saturated carbocycles. The van der Waals surface area contributed by atoms with Gasteiger partial charge >= 0.3 is 0 Å². The molecule has 5 heteroatoms. The van der Waals surface area contributed by atoms with Gasteiger partial charge in [-0.3, -0.25) is 4.79 Å². The second-order valence-corrected chi connectivity index (χ2v) is 5.15. The SMILES string of the molecule is CCN(CC)C(=O)[C@]1(c2ccc(F)cc2)C[C@@H]1C[NH3+].[Cl-]. The van der Waals surface area contributed by atoms with Gasteiger partial charge in [-0.15, -0.1) is 0 Å². The lowest BCUT2D eigenvalue weighted by molar-refractivity contribution is -0.373. The van der Waals surface area contributed by atoms with Crippen LogP contribution in [0.15, 0.2) is 24.3 Å². The van der Waals surface area contributed by atoms with Gasteiger partial charge in [-0.1, -0.05) is 12.1 Å². The molecular formula is C15H22ClFN2O. The van der Waals surface area contributed by atoms with Crippen LogP contribution < -0.4 is 18.1 Å². The topological polar surface area (TPSA) is 48.0 Å². The van der Waals surface area contributed by atoms with E-state index in [1.165, 1.54) is 12.1 Å². The molecule has 3 N–H and O–H groups in total. The van der Waals surface area contributed by atoms with E-state index >= 15 is 0 Å². The fourth-order valence-corrected chi connectivity index (χ4v) is 2.96. The summed E-state index contributed by atoms with van der Waals surface area (Å²) < 4.78 is 13.1. The van der Waals surface area contributed by atoms with Crippen molar-refractivity contribution in [3.63, 3.8) is 0 Å². The van der Waals surface area contributed by atoms with Crippen LogP contribution in [-0.4, -0.2) is 30.4 Å². The van der Waals surface area contributed by atoms with Crippen LogP contribution in [-0.2, 0) is 10.2 Å². The van der Waals surface area contributed by atoms with Crippen molar-refractivity contribution >= 4 is 5.91 Å². The lowest BCUT2D eigenvalue weighted by atomic mass is 9.91. The number of likely N-dealkylation sites (N-methyl/N-ethyl adjacent to an activating group) is 1. The Morgan fingerprint density at radius 2 is 1.90 bits per heavy atom. The minimum atomic E-state index is -0.457. The van der Waals surface area contributed by atoms with Crippen LogP contribution in [0.4, 0.5) is 4.39 Å². The van der Waals surface area contributed by atoms with Crippen LogP contribution in [0.1, 0.15) is 25.8 Å². The van der Waals surface area contributed by atoms with Gasteiger partial charge in [-0.2, -0.15) is 0 Å². The number of hydrogen-bond acceptors (Lipinski definition) is 1. The normalized spacial score (nSPS) is 23.9. The highest BCUT2D eigenvalue weighted by atomic mass is 35.5. The molecule has 0 bridgehead atoms. The van der Waals surface area contributed by atoms with E-state index in [0.717, 1.165) is 18.5 Å². The van der Waals surface area contributed by atoms with Crippen LogP contribution in [0, 0.1) is 11.7 Å². The second-order valence-electron chi connectivity index (χ2n) is 5.15. The van der Waals surface area contributed by atoms with E-state index in [4.69, 9.17) is 0 Å². The Labute approximate surface area is 125 Å². The van der Waals surface area contributed by atoms with Gasteiger partial charge in [0.25, 0.3) is 0 Å². The highest BCUT2D eigenvalue weighted by Gasteiger charge is 2.62. The van der Waals surface area contributed by atoms with Crippen molar-refractivity contribution in [2.45, 2.75) is 25.7 Å². The molecule has 112 valence electrons. The first-order valence-corrected chi connectivity index (χ1v) is 6.94. The molecule has 0 saturated heterocycles. The zero-order chi connectivity index (χ0) is 14.0. The maximum Gasteiger partial charge on any atom is 0.233 e. The van der Waals surface area contributed by atoms with Crippen molar-refractivity contribution in [1.82, 2.24) is 4.90 Å². The largest absolute Gasteiger partial charge is 1.00 e. The summed E-state index contributed by atoms with van der Waals surface area (Å²) in [5.74, 6) is 0.185. The Morgan fingerprint density at radius 3 is 2.30 bits per heavy atom. The number of hydrogen-bond donors (Lipinski definition) is 1. The van der Waals surface area contributed by atoms with E-state index in [9.17, 15) is 9.18 Å². The second kappa shape index (κ2) is 6.55. The van der Waals surface area contributed by atoms with Crippen molar-refractivity contribution < 1.29 is 27.3 Å². The molecule has 1 aromatic carbocycles. The van der Waals surface area contributed by atoms with E-state index in [2.05, 4.69) is 5.73 Å². The maximum absolute atomic E-state index is 13.1. The van der Waals surface area contributed by atoms with Gasteiger partial charge in [0.05, 0.1) is 12.0 Å². The van der Waals surface area contributed by atoms with Crippen molar-refractivity contribution in [2.75, 3.05) is 19.6 Å². The third-order valence-corrected chi connectivity index (χ3v) is 4.25. The predicted octanol–water partition coefficient (Wildman–Crippen LogP) is -1.80. The molecule has 0 spiro atoms. The van der Waals surface area contributed by atoms with Crippen LogP contribution in [0.5, 0.6) is 0 Å². The highest BCUT2D eigenvalue weighted by molar-refractivity contribution is 5.92. The van der Waals surface area contributed by atoms with E-state index < -0.39 is 5.41 Å². The molecule has 3 nitrogen and oxygen atoms in total. The Bertz CT molecular complexity index is 461. The summed E-state index contributed by atoms with van der Waals surface area (Å²) in [4.78, 5) is 14.6. The summed E-state index contributed by atoms with van der Waals surface area (Å²) in [6, 6.07) is 6.36. The first-order chi connectivity index (χ1) is 9.09. The van der Waals surface area contributed by atoms with Gasteiger partial charge in [-0.25, -0.2) is 4.39 Å². The fourth-order valence-electron chi connectivity index (χ4n) is 2.96. The number of carbonyl (C=O) groups is 1. The summed E-state index contributed by atoms with van der Waals surface area (Å²) >= 11 is 0. The van der Waals surface area contributed by atoms with Crippen LogP contribution in [0.25, 0.3) is 0 Å². The van der Waals surface area contributed by atoms with Gasteiger partial charge in [0.15, 0.2) is 0 Å². The minimum absolute atomic E-state index is 0. The molecular weight excluding hydrogens is 279 g/mol. The summed E-state index contributed by atoms with van der Waals surface area (Å²) in [6.45, 7) is 6.14. The molecule has 1 fully saturated rings. The van der Waals surface area contributed by atoms with E-state index in [1.807, 2.05) is 18.7 Å². The molecule has 1 amide bonds. The van der Waals surface area contributed by atoms with E-state index in [0.29, 0.717) is 13.1 Å². The van der Waals surface area contributed by atoms with E-state index in [1.54, 1.807) is 12.1 Å². The first-order valence-electron chi connectivity index (χ1n) is 6.94. The smallest absolute Gasteiger partial charge is 0.233 e.